The van der Waals surface area contributed by atoms with Gasteiger partial charge in [0.25, 0.3) is 5.91 Å². The topological polar surface area (TPSA) is 92.8 Å². The lowest BCUT2D eigenvalue weighted by Gasteiger charge is -2.05. The fourth-order valence-electron chi connectivity index (χ4n) is 2.71. The largest absolute Gasteiger partial charge is 0.497 e. The average Bonchev–Trinajstić information content (AvgIpc) is 3.28. The van der Waals surface area contributed by atoms with Gasteiger partial charge in [0.1, 0.15) is 16.6 Å². The van der Waals surface area contributed by atoms with E-state index in [0.29, 0.717) is 17.2 Å². The monoisotopic (exact) mass is 417 g/mol. The van der Waals surface area contributed by atoms with Crippen molar-refractivity contribution in [3.05, 3.63) is 84.3 Å². The number of aromatic nitrogens is 4. The summed E-state index contributed by atoms with van der Waals surface area (Å²) in [6.45, 7) is 0.256. The van der Waals surface area contributed by atoms with E-state index in [2.05, 4.69) is 25.5 Å². The molecule has 4 aromatic rings. The van der Waals surface area contributed by atoms with Crippen LogP contribution in [0.15, 0.2) is 82.8 Å². The van der Waals surface area contributed by atoms with Gasteiger partial charge in [-0.25, -0.2) is 9.97 Å². The molecule has 0 unspecified atom stereocenters. The van der Waals surface area contributed by atoms with Crippen LogP contribution in [0.2, 0.25) is 0 Å². The molecule has 2 aromatic heterocycles. The second kappa shape index (κ2) is 9.23. The summed E-state index contributed by atoms with van der Waals surface area (Å²) in [5.41, 5.74) is 1.45. The van der Waals surface area contributed by atoms with E-state index in [1.54, 1.807) is 37.2 Å². The molecule has 8 heteroatoms. The minimum atomic E-state index is -0.174. The summed E-state index contributed by atoms with van der Waals surface area (Å²) in [7, 11) is 1.62. The van der Waals surface area contributed by atoms with Crippen molar-refractivity contribution < 1.29 is 9.53 Å². The van der Waals surface area contributed by atoms with E-state index in [1.165, 1.54) is 0 Å². The Hall–Kier alpha value is -3.65. The molecule has 30 heavy (non-hydrogen) atoms. The van der Waals surface area contributed by atoms with Crippen LogP contribution in [0.1, 0.15) is 16.2 Å². The number of hydrogen-bond donors (Lipinski definition) is 2. The van der Waals surface area contributed by atoms with Gasteiger partial charge in [0.15, 0.2) is 5.82 Å². The number of ether oxygens (including phenoxy) is 1. The lowest BCUT2D eigenvalue weighted by atomic mass is 10.2. The average molecular weight is 417 g/mol. The summed E-state index contributed by atoms with van der Waals surface area (Å²) >= 11 is 1.55. The highest BCUT2D eigenvalue weighted by molar-refractivity contribution is 7.99. The van der Waals surface area contributed by atoms with Gasteiger partial charge >= 0.3 is 0 Å². The van der Waals surface area contributed by atoms with E-state index in [-0.39, 0.29) is 12.5 Å². The third kappa shape index (κ3) is 4.84. The summed E-state index contributed by atoms with van der Waals surface area (Å²) in [5.74, 6) is 1.74. The van der Waals surface area contributed by atoms with Crippen molar-refractivity contribution in [2.75, 3.05) is 7.11 Å². The van der Waals surface area contributed by atoms with Crippen LogP contribution in [-0.4, -0.2) is 33.2 Å². The van der Waals surface area contributed by atoms with Crippen molar-refractivity contribution >= 4 is 17.7 Å². The zero-order valence-electron chi connectivity index (χ0n) is 16.2. The summed E-state index contributed by atoms with van der Waals surface area (Å²) in [6, 6.07) is 20.6. The van der Waals surface area contributed by atoms with Gasteiger partial charge in [0.2, 0.25) is 0 Å². The minimum Gasteiger partial charge on any atom is -0.497 e. The highest BCUT2D eigenvalue weighted by atomic mass is 32.2. The number of pyridine rings is 1. The van der Waals surface area contributed by atoms with Gasteiger partial charge in [0.05, 0.1) is 13.7 Å². The first-order chi connectivity index (χ1) is 14.7. The quantitative estimate of drug-likeness (QED) is 0.473. The molecule has 0 aliphatic heterocycles. The molecule has 0 aliphatic rings. The number of H-pyrrole nitrogens is 1. The van der Waals surface area contributed by atoms with E-state index >= 15 is 0 Å². The number of nitrogens with one attached hydrogen (secondary N) is 2. The van der Waals surface area contributed by atoms with Crippen molar-refractivity contribution in [1.29, 1.82) is 0 Å². The maximum atomic E-state index is 12.4. The summed E-state index contributed by atoms with van der Waals surface area (Å²) in [5, 5.41) is 10.8. The number of amides is 1. The van der Waals surface area contributed by atoms with Gasteiger partial charge in [0, 0.05) is 22.2 Å². The van der Waals surface area contributed by atoms with Crippen LogP contribution < -0.4 is 10.1 Å². The third-order valence-corrected chi connectivity index (χ3v) is 5.23. The molecule has 2 N–H and O–H groups in total. The number of rotatable bonds is 7. The van der Waals surface area contributed by atoms with Crippen LogP contribution in [-0.2, 0) is 6.54 Å². The van der Waals surface area contributed by atoms with E-state index < -0.39 is 0 Å². The first-order valence-electron chi connectivity index (χ1n) is 9.24. The highest BCUT2D eigenvalue weighted by Gasteiger charge is 2.10. The molecule has 0 bridgehead atoms. The van der Waals surface area contributed by atoms with Crippen LogP contribution in [0.3, 0.4) is 0 Å². The molecular weight excluding hydrogens is 398 g/mol. The van der Waals surface area contributed by atoms with Crippen molar-refractivity contribution in [2.24, 2.45) is 0 Å². The normalized spacial score (nSPS) is 10.6. The van der Waals surface area contributed by atoms with Gasteiger partial charge < -0.3 is 10.1 Å². The summed E-state index contributed by atoms with van der Waals surface area (Å²) in [6.07, 6.45) is 1.76. The number of carbonyl (C=O) groups is 1. The molecule has 0 radical (unpaired) electrons. The molecule has 4 rings (SSSR count). The molecule has 0 fully saturated rings. The first-order valence-corrected chi connectivity index (χ1v) is 10.1. The Kier molecular flexibility index (Phi) is 6.05. The minimum absolute atomic E-state index is 0.174. The number of carbonyl (C=O) groups excluding carboxylic acids is 1. The SMILES string of the molecule is COc1ccc(-c2n[nH]c(CNC(=O)c3ccc(Sc4ccccn4)cc3)n2)cc1. The van der Waals surface area contributed by atoms with E-state index in [0.717, 1.165) is 21.2 Å². The number of aromatic amines is 1. The fourth-order valence-corrected chi connectivity index (χ4v) is 3.49. The predicted molar refractivity (Wildman–Crippen MR) is 114 cm³/mol. The van der Waals surface area contributed by atoms with Crippen molar-refractivity contribution in [3.8, 4) is 17.1 Å². The van der Waals surface area contributed by atoms with Crippen LogP contribution in [0.5, 0.6) is 5.75 Å². The van der Waals surface area contributed by atoms with Gasteiger partial charge in [-0.2, -0.15) is 5.10 Å². The predicted octanol–water partition coefficient (Wildman–Crippen LogP) is 3.96. The molecular formula is C22H19N5O2S. The fraction of sp³-hybridized carbons (Fsp3) is 0.0909. The van der Waals surface area contributed by atoms with Crippen LogP contribution in [0, 0.1) is 0 Å². The van der Waals surface area contributed by atoms with Crippen molar-refractivity contribution in [3.63, 3.8) is 0 Å². The van der Waals surface area contributed by atoms with E-state index in [9.17, 15) is 4.79 Å². The van der Waals surface area contributed by atoms with E-state index in [1.807, 2.05) is 54.6 Å². The summed E-state index contributed by atoms with van der Waals surface area (Å²) < 4.78 is 5.15. The van der Waals surface area contributed by atoms with Crippen LogP contribution in [0.4, 0.5) is 0 Å². The van der Waals surface area contributed by atoms with Crippen LogP contribution >= 0.6 is 11.8 Å². The molecule has 0 spiro atoms. The smallest absolute Gasteiger partial charge is 0.251 e. The van der Waals surface area contributed by atoms with Gasteiger partial charge in [-0.1, -0.05) is 17.8 Å². The standard InChI is InChI=1S/C22H19N5O2S/c1-29-17-9-5-15(6-10-17)21-25-19(26-27-21)14-24-22(28)16-7-11-18(12-8-16)30-20-4-2-3-13-23-20/h2-13H,14H2,1H3,(H,24,28)(H,25,26,27). The number of nitrogens with zero attached hydrogens (tertiary/aromatic N) is 3. The molecule has 7 nitrogen and oxygen atoms in total. The number of benzene rings is 2. The zero-order valence-corrected chi connectivity index (χ0v) is 17.0. The number of methoxy groups -OCH3 is 1. The molecule has 0 atom stereocenters. The summed E-state index contributed by atoms with van der Waals surface area (Å²) in [4.78, 5) is 22.2. The van der Waals surface area contributed by atoms with Crippen molar-refractivity contribution in [2.45, 2.75) is 16.5 Å². The second-order valence-corrected chi connectivity index (χ2v) is 7.41. The van der Waals surface area contributed by atoms with Gasteiger partial charge in [-0.15, -0.1) is 0 Å². The van der Waals surface area contributed by atoms with Crippen molar-refractivity contribution in [1.82, 2.24) is 25.5 Å². The van der Waals surface area contributed by atoms with E-state index in [4.69, 9.17) is 4.74 Å². The first kappa shape index (κ1) is 19.7. The Morgan fingerprint density at radius 3 is 2.57 bits per heavy atom. The Morgan fingerprint density at radius 1 is 1.07 bits per heavy atom. The lowest BCUT2D eigenvalue weighted by molar-refractivity contribution is 0.0950. The molecule has 1 amide bonds. The Balaban J connectivity index is 1.33. The molecule has 0 aliphatic carbocycles. The lowest BCUT2D eigenvalue weighted by Crippen LogP contribution is -2.23. The van der Waals surface area contributed by atoms with Crippen LogP contribution in [0.25, 0.3) is 11.4 Å². The molecule has 2 heterocycles. The number of hydrogen-bond acceptors (Lipinski definition) is 6. The van der Waals surface area contributed by atoms with Gasteiger partial charge in [-0.3, -0.25) is 9.89 Å². The van der Waals surface area contributed by atoms with Gasteiger partial charge in [-0.05, 0) is 60.7 Å². The Morgan fingerprint density at radius 2 is 1.87 bits per heavy atom. The maximum absolute atomic E-state index is 12.4. The zero-order chi connectivity index (χ0) is 20.8. The molecule has 150 valence electrons. The molecule has 0 saturated heterocycles. The Bertz CT molecular complexity index is 1110. The molecule has 2 aromatic carbocycles. The second-order valence-electron chi connectivity index (χ2n) is 6.31. The third-order valence-electron chi connectivity index (χ3n) is 4.27. The Labute approximate surface area is 177 Å². The molecule has 0 saturated carbocycles. The highest BCUT2D eigenvalue weighted by Crippen LogP contribution is 2.25. The maximum Gasteiger partial charge on any atom is 0.251 e.